The van der Waals surface area contributed by atoms with Crippen molar-refractivity contribution >= 4 is 17.6 Å². The molecule has 0 bridgehead atoms. The Morgan fingerprint density at radius 3 is 2.72 bits per heavy atom. The number of aromatic nitrogens is 6. The van der Waals surface area contributed by atoms with E-state index in [0.717, 1.165) is 11.8 Å². The van der Waals surface area contributed by atoms with Crippen LogP contribution in [0, 0.1) is 0 Å². The molecule has 9 nitrogen and oxygen atoms in total. The third-order valence-electron chi connectivity index (χ3n) is 2.29. The van der Waals surface area contributed by atoms with Crippen LogP contribution >= 0.6 is 11.8 Å². The fourth-order valence-electron chi connectivity index (χ4n) is 1.38. The van der Waals surface area contributed by atoms with Crippen LogP contribution in [0.4, 0.5) is 5.82 Å². The smallest absolute Gasteiger partial charge is 0.329 e. The molecule has 2 aromatic heterocycles. The molecule has 0 unspecified atom stereocenters. The van der Waals surface area contributed by atoms with Gasteiger partial charge in [0, 0.05) is 13.6 Å². The number of hydrogen-bond donors (Lipinski definition) is 2. The molecule has 10 heteroatoms. The molecule has 96 valence electrons. The average Bonchev–Trinajstić information content (AvgIpc) is 2.70. The van der Waals surface area contributed by atoms with E-state index in [4.69, 9.17) is 5.73 Å². The summed E-state index contributed by atoms with van der Waals surface area (Å²) in [5.41, 5.74) is 4.73. The van der Waals surface area contributed by atoms with Gasteiger partial charge in [0.1, 0.15) is 10.7 Å². The summed E-state index contributed by atoms with van der Waals surface area (Å²) >= 11 is 1.01. The van der Waals surface area contributed by atoms with Crippen molar-refractivity contribution in [2.24, 2.45) is 7.05 Å². The Bertz CT molecular complexity index is 685. The Labute approximate surface area is 105 Å². The average molecular weight is 269 g/mol. The van der Waals surface area contributed by atoms with Crippen molar-refractivity contribution < 1.29 is 0 Å². The molecule has 2 aromatic rings. The quantitative estimate of drug-likeness (QED) is 0.718. The van der Waals surface area contributed by atoms with E-state index >= 15 is 0 Å². The molecule has 0 fully saturated rings. The van der Waals surface area contributed by atoms with Crippen molar-refractivity contribution in [3.05, 3.63) is 20.8 Å². The van der Waals surface area contributed by atoms with Crippen molar-refractivity contribution in [1.82, 2.24) is 29.8 Å². The molecule has 0 amide bonds. The molecule has 0 aliphatic carbocycles. The normalized spacial score (nSPS) is 10.8. The largest absolute Gasteiger partial charge is 0.384 e. The van der Waals surface area contributed by atoms with Crippen LogP contribution in [0.25, 0.3) is 0 Å². The van der Waals surface area contributed by atoms with Crippen LogP contribution in [0.5, 0.6) is 0 Å². The molecule has 0 aliphatic rings. The third kappa shape index (κ3) is 2.01. The van der Waals surface area contributed by atoms with E-state index in [1.165, 1.54) is 9.25 Å². The van der Waals surface area contributed by atoms with E-state index in [1.807, 2.05) is 0 Å². The zero-order valence-corrected chi connectivity index (χ0v) is 10.6. The Kier molecular flexibility index (Phi) is 3.19. The number of nitrogens with two attached hydrogens (primary N) is 1. The highest BCUT2D eigenvalue weighted by Gasteiger charge is 2.15. The fraction of sp³-hybridized carbons (Fsp3) is 0.375. The maximum absolute atomic E-state index is 11.7. The van der Waals surface area contributed by atoms with Crippen LogP contribution in [0.3, 0.4) is 0 Å². The summed E-state index contributed by atoms with van der Waals surface area (Å²) in [4.78, 5) is 25.6. The molecule has 2 heterocycles. The van der Waals surface area contributed by atoms with Gasteiger partial charge in [-0.05, 0) is 29.1 Å². The van der Waals surface area contributed by atoms with E-state index in [1.54, 1.807) is 14.0 Å². The minimum atomic E-state index is -0.546. The number of nitrogens with one attached hydrogen (secondary N) is 1. The summed E-state index contributed by atoms with van der Waals surface area (Å²) in [6.45, 7) is 2.13. The maximum Gasteiger partial charge on any atom is 0.329 e. The van der Waals surface area contributed by atoms with E-state index in [-0.39, 0.29) is 10.7 Å². The van der Waals surface area contributed by atoms with E-state index in [0.29, 0.717) is 11.7 Å². The molecule has 0 spiro atoms. The van der Waals surface area contributed by atoms with Gasteiger partial charge >= 0.3 is 5.69 Å². The first-order valence-corrected chi connectivity index (χ1v) is 5.89. The highest BCUT2D eigenvalue weighted by Crippen LogP contribution is 2.25. The van der Waals surface area contributed by atoms with Gasteiger partial charge in [-0.25, -0.2) is 9.48 Å². The van der Waals surface area contributed by atoms with Gasteiger partial charge in [0.15, 0.2) is 0 Å². The first kappa shape index (κ1) is 12.4. The van der Waals surface area contributed by atoms with Crippen molar-refractivity contribution in [2.45, 2.75) is 23.5 Å². The summed E-state index contributed by atoms with van der Waals surface area (Å²) in [5.74, 6) is 0.110. The second kappa shape index (κ2) is 4.64. The van der Waals surface area contributed by atoms with E-state index in [2.05, 4.69) is 20.5 Å². The van der Waals surface area contributed by atoms with Gasteiger partial charge in [0.05, 0.1) is 0 Å². The van der Waals surface area contributed by atoms with E-state index < -0.39 is 11.2 Å². The predicted molar refractivity (Wildman–Crippen MR) is 64.3 cm³/mol. The molecular weight excluding hydrogens is 258 g/mol. The number of tetrazole rings is 1. The van der Waals surface area contributed by atoms with Crippen LogP contribution in [-0.2, 0) is 13.6 Å². The van der Waals surface area contributed by atoms with Crippen molar-refractivity contribution in [2.75, 3.05) is 5.73 Å². The molecule has 0 saturated heterocycles. The van der Waals surface area contributed by atoms with Crippen molar-refractivity contribution in [3.63, 3.8) is 0 Å². The molecule has 0 atom stereocenters. The van der Waals surface area contributed by atoms with Gasteiger partial charge in [-0.3, -0.25) is 14.3 Å². The number of anilines is 1. The highest BCUT2D eigenvalue weighted by atomic mass is 32.2. The van der Waals surface area contributed by atoms with Crippen LogP contribution in [0.15, 0.2) is 19.6 Å². The summed E-state index contributed by atoms with van der Waals surface area (Å²) in [6.07, 6.45) is 0. The molecular formula is C8H11N7O2S. The van der Waals surface area contributed by atoms with Crippen molar-refractivity contribution in [1.29, 1.82) is 0 Å². The van der Waals surface area contributed by atoms with Crippen LogP contribution in [-0.4, -0.2) is 29.8 Å². The first-order valence-electron chi connectivity index (χ1n) is 5.07. The van der Waals surface area contributed by atoms with Gasteiger partial charge < -0.3 is 5.73 Å². The van der Waals surface area contributed by atoms with E-state index in [9.17, 15) is 9.59 Å². The van der Waals surface area contributed by atoms with Gasteiger partial charge in [-0.1, -0.05) is 0 Å². The second-order valence-electron chi connectivity index (χ2n) is 3.41. The Hall–Kier alpha value is -2.10. The second-order valence-corrected chi connectivity index (χ2v) is 4.38. The number of hydrogen-bond acceptors (Lipinski definition) is 7. The number of nitrogen functional groups attached to an aromatic ring is 1. The van der Waals surface area contributed by atoms with Crippen LogP contribution in [0.1, 0.15) is 6.92 Å². The number of aryl methyl sites for hydroxylation is 1. The fourth-order valence-corrected chi connectivity index (χ4v) is 2.17. The Morgan fingerprint density at radius 1 is 1.44 bits per heavy atom. The minimum Gasteiger partial charge on any atom is -0.384 e. The standard InChI is InChI=1S/C8H11N7O2S/c1-3-15-5(9)4(6(16)10-7(15)17)18-8-11-12-13-14(8)2/h3,9H2,1-2H3,(H,10,16,17). The van der Waals surface area contributed by atoms with Crippen molar-refractivity contribution in [3.8, 4) is 0 Å². The van der Waals surface area contributed by atoms with Gasteiger partial charge in [-0.2, -0.15) is 0 Å². The zero-order chi connectivity index (χ0) is 13.3. The first-order chi connectivity index (χ1) is 8.54. The van der Waals surface area contributed by atoms with Crippen LogP contribution in [0.2, 0.25) is 0 Å². The molecule has 18 heavy (non-hydrogen) atoms. The lowest BCUT2D eigenvalue weighted by atomic mass is 10.5. The molecule has 2 rings (SSSR count). The molecule has 3 N–H and O–H groups in total. The molecule has 0 radical (unpaired) electrons. The topological polar surface area (TPSA) is 124 Å². The van der Waals surface area contributed by atoms with Gasteiger partial charge in [0.25, 0.3) is 5.56 Å². The lowest BCUT2D eigenvalue weighted by Gasteiger charge is -2.09. The van der Waals surface area contributed by atoms with Crippen LogP contribution < -0.4 is 17.0 Å². The summed E-state index contributed by atoms with van der Waals surface area (Å²) in [6, 6.07) is 0. The predicted octanol–water partition coefficient (Wildman–Crippen LogP) is -1.19. The number of nitrogens with zero attached hydrogens (tertiary/aromatic N) is 5. The highest BCUT2D eigenvalue weighted by molar-refractivity contribution is 7.99. The maximum atomic E-state index is 11.7. The third-order valence-corrected chi connectivity index (χ3v) is 3.41. The zero-order valence-electron chi connectivity index (χ0n) is 9.75. The lowest BCUT2D eigenvalue weighted by Crippen LogP contribution is -2.32. The number of rotatable bonds is 3. The molecule has 0 aliphatic heterocycles. The molecule has 0 aromatic carbocycles. The van der Waals surface area contributed by atoms with Gasteiger partial charge in [-0.15, -0.1) is 5.10 Å². The summed E-state index contributed by atoms with van der Waals surface area (Å²) in [5, 5.41) is 11.3. The number of aromatic amines is 1. The Morgan fingerprint density at radius 2 is 2.17 bits per heavy atom. The Balaban J connectivity index is 2.55. The monoisotopic (exact) mass is 269 g/mol. The summed E-state index contributed by atoms with van der Waals surface area (Å²) in [7, 11) is 1.64. The SMILES string of the molecule is CCn1c(N)c(Sc2nnnn2C)c(=O)[nH]c1=O. The number of H-pyrrole nitrogens is 1. The summed E-state index contributed by atoms with van der Waals surface area (Å²) < 4.78 is 2.68. The minimum absolute atomic E-state index is 0.110. The van der Waals surface area contributed by atoms with Gasteiger partial charge in [0.2, 0.25) is 5.16 Å². The lowest BCUT2D eigenvalue weighted by molar-refractivity contribution is 0.662. The molecule has 0 saturated carbocycles.